The summed E-state index contributed by atoms with van der Waals surface area (Å²) in [7, 11) is 1.02. The van der Waals surface area contributed by atoms with Crippen molar-refractivity contribution in [1.29, 1.82) is 0 Å². The van der Waals surface area contributed by atoms with Gasteiger partial charge in [-0.1, -0.05) is 30.3 Å². The van der Waals surface area contributed by atoms with Crippen LogP contribution in [0.4, 0.5) is 13.2 Å². The minimum absolute atomic E-state index is 0.0997. The van der Waals surface area contributed by atoms with Gasteiger partial charge in [-0.2, -0.15) is 13.2 Å². The van der Waals surface area contributed by atoms with E-state index in [1.54, 1.807) is 6.07 Å². The number of carbonyl (C=O) groups excluding carboxylic acids is 1. The Morgan fingerprint density at radius 1 is 1.24 bits per heavy atom. The Bertz CT molecular complexity index is 438. The van der Waals surface area contributed by atoms with Crippen molar-refractivity contribution in [2.75, 3.05) is 7.11 Å². The van der Waals surface area contributed by atoms with Crippen LogP contribution in [0.2, 0.25) is 0 Å². The molecular weight excluding hydrogens is 301 g/mol. The summed E-state index contributed by atoms with van der Waals surface area (Å²) in [4.78, 5) is 11.1. The normalized spacial score (nSPS) is 13.0. The van der Waals surface area contributed by atoms with Gasteiger partial charge in [0.2, 0.25) is 0 Å². The molecule has 0 aliphatic carbocycles. The highest BCUT2D eigenvalue weighted by Gasteiger charge is 2.38. The van der Waals surface area contributed by atoms with Crippen LogP contribution >= 0.6 is 15.9 Å². The van der Waals surface area contributed by atoms with Crippen molar-refractivity contribution in [3.63, 3.8) is 0 Å². The fourth-order valence-corrected chi connectivity index (χ4v) is 1.83. The molecule has 0 radical (unpaired) electrons. The maximum Gasteiger partial charge on any atom is 0.418 e. The van der Waals surface area contributed by atoms with E-state index in [-0.39, 0.29) is 5.56 Å². The molecule has 0 heterocycles. The maximum absolute atomic E-state index is 12.9. The topological polar surface area (TPSA) is 26.3 Å². The summed E-state index contributed by atoms with van der Waals surface area (Å²) >= 11 is 2.63. The first-order valence-corrected chi connectivity index (χ1v) is 5.28. The number of carbonyl (C=O) groups is 1. The number of methoxy groups -OCH3 is 1. The highest BCUT2D eigenvalue weighted by molar-refractivity contribution is 9.12. The van der Waals surface area contributed by atoms with Gasteiger partial charge < -0.3 is 4.74 Å². The van der Waals surface area contributed by atoms with Crippen molar-refractivity contribution in [2.45, 2.75) is 6.18 Å². The molecule has 0 bridgehead atoms. The number of ether oxygens (including phenoxy) is 1. The maximum atomic E-state index is 12.9. The van der Waals surface area contributed by atoms with Crippen molar-refractivity contribution >= 4 is 27.5 Å². The number of hydrogen-bond acceptors (Lipinski definition) is 2. The first-order chi connectivity index (χ1) is 7.88. The molecule has 0 atom stereocenters. The van der Waals surface area contributed by atoms with Gasteiger partial charge in [-0.25, -0.2) is 4.79 Å². The molecule has 0 amide bonds. The lowest BCUT2D eigenvalue weighted by molar-refractivity contribution is -0.135. The highest BCUT2D eigenvalue weighted by atomic mass is 79.9. The molecule has 0 aromatic heterocycles. The quantitative estimate of drug-likeness (QED) is 0.617. The molecule has 1 aromatic carbocycles. The Hall–Kier alpha value is -1.30. The Kier molecular flexibility index (Phi) is 4.34. The third-order valence-corrected chi connectivity index (χ3v) is 2.65. The molecule has 2 nitrogen and oxygen atoms in total. The van der Waals surface area contributed by atoms with E-state index in [9.17, 15) is 18.0 Å². The second-order valence-corrected chi connectivity index (χ2v) is 3.84. The first kappa shape index (κ1) is 13.8. The van der Waals surface area contributed by atoms with Crippen LogP contribution in [-0.4, -0.2) is 19.3 Å². The summed E-state index contributed by atoms with van der Waals surface area (Å²) in [5.74, 6) is -1.07. The molecule has 0 N–H and O–H groups in total. The molecule has 0 fully saturated rings. The summed E-state index contributed by atoms with van der Waals surface area (Å²) < 4.78 is 42.2. The van der Waals surface area contributed by atoms with Crippen LogP contribution < -0.4 is 0 Å². The number of rotatable bonds is 2. The summed E-state index contributed by atoms with van der Waals surface area (Å²) in [6.07, 6.45) is -4.64. The van der Waals surface area contributed by atoms with E-state index in [0.29, 0.717) is 0 Å². The molecule has 0 aliphatic rings. The van der Waals surface area contributed by atoms with Crippen LogP contribution in [0.25, 0.3) is 5.57 Å². The van der Waals surface area contributed by atoms with E-state index in [0.717, 1.165) is 7.11 Å². The van der Waals surface area contributed by atoms with Crippen molar-refractivity contribution in [1.82, 2.24) is 0 Å². The number of esters is 1. The first-order valence-electron chi connectivity index (χ1n) is 4.48. The van der Waals surface area contributed by atoms with Gasteiger partial charge in [0.25, 0.3) is 0 Å². The Balaban J connectivity index is 3.38. The zero-order valence-electron chi connectivity index (χ0n) is 8.72. The van der Waals surface area contributed by atoms with E-state index >= 15 is 0 Å². The number of allylic oxidation sites excluding steroid dienone is 1. The zero-order valence-corrected chi connectivity index (χ0v) is 10.3. The van der Waals surface area contributed by atoms with E-state index in [4.69, 9.17) is 0 Å². The lowest BCUT2D eigenvalue weighted by atomic mass is 10.1. The molecule has 0 saturated heterocycles. The SMILES string of the molecule is COC(=O)/C(Br)=C(/c1ccccc1)C(F)(F)F. The third-order valence-electron chi connectivity index (χ3n) is 1.93. The molecule has 6 heteroatoms. The van der Waals surface area contributed by atoms with Gasteiger partial charge in [0.15, 0.2) is 0 Å². The fraction of sp³-hybridized carbons (Fsp3) is 0.182. The lowest BCUT2D eigenvalue weighted by Crippen LogP contribution is -2.15. The van der Waals surface area contributed by atoms with E-state index in [1.807, 2.05) is 0 Å². The van der Waals surface area contributed by atoms with Gasteiger partial charge in [0.1, 0.15) is 4.48 Å². The number of alkyl halides is 3. The number of halogens is 4. The van der Waals surface area contributed by atoms with Crippen molar-refractivity contribution in [3.05, 3.63) is 40.4 Å². The molecular formula is C11H8BrF3O2. The molecule has 0 unspecified atom stereocenters. The number of benzene rings is 1. The van der Waals surface area contributed by atoms with Crippen LogP contribution in [0.5, 0.6) is 0 Å². The molecule has 1 aromatic rings. The van der Waals surface area contributed by atoms with Crippen LogP contribution in [-0.2, 0) is 9.53 Å². The van der Waals surface area contributed by atoms with Crippen LogP contribution in [0.15, 0.2) is 34.8 Å². The Morgan fingerprint density at radius 3 is 2.18 bits per heavy atom. The van der Waals surface area contributed by atoms with Gasteiger partial charge >= 0.3 is 12.1 Å². The summed E-state index contributed by atoms with van der Waals surface area (Å²) in [6, 6.07) is 7.04. The standard InChI is InChI=1S/C11H8BrF3O2/c1-17-10(16)9(12)8(11(13,14)15)7-5-3-2-4-6-7/h2-6H,1H3/b9-8+. The average molecular weight is 309 g/mol. The summed E-state index contributed by atoms with van der Waals surface area (Å²) in [6.45, 7) is 0. The van der Waals surface area contributed by atoms with Crippen molar-refractivity contribution < 1.29 is 22.7 Å². The Morgan fingerprint density at radius 2 is 1.76 bits per heavy atom. The third kappa shape index (κ3) is 3.33. The zero-order chi connectivity index (χ0) is 13.1. The van der Waals surface area contributed by atoms with Crippen LogP contribution in [0, 0.1) is 0 Å². The summed E-state index contributed by atoms with van der Waals surface area (Å²) in [5.41, 5.74) is -1.15. The van der Waals surface area contributed by atoms with E-state index in [1.165, 1.54) is 24.3 Å². The molecule has 1 rings (SSSR count). The molecule has 17 heavy (non-hydrogen) atoms. The fourth-order valence-electron chi connectivity index (χ4n) is 1.21. The lowest BCUT2D eigenvalue weighted by Gasteiger charge is -2.13. The molecule has 92 valence electrons. The van der Waals surface area contributed by atoms with E-state index in [2.05, 4.69) is 20.7 Å². The highest BCUT2D eigenvalue weighted by Crippen LogP contribution is 2.38. The van der Waals surface area contributed by atoms with E-state index < -0.39 is 22.2 Å². The largest absolute Gasteiger partial charge is 0.465 e. The Labute approximate surface area is 104 Å². The van der Waals surface area contributed by atoms with Crippen molar-refractivity contribution in [3.8, 4) is 0 Å². The molecule has 0 spiro atoms. The molecule has 0 saturated carbocycles. The van der Waals surface area contributed by atoms with Crippen LogP contribution in [0.3, 0.4) is 0 Å². The van der Waals surface area contributed by atoms with Gasteiger partial charge in [0.05, 0.1) is 12.7 Å². The number of hydrogen-bond donors (Lipinski definition) is 0. The smallest absolute Gasteiger partial charge is 0.418 e. The van der Waals surface area contributed by atoms with Gasteiger partial charge in [-0.15, -0.1) is 0 Å². The minimum atomic E-state index is -4.64. The van der Waals surface area contributed by atoms with Gasteiger partial charge in [0, 0.05) is 0 Å². The average Bonchev–Trinajstić information content (AvgIpc) is 2.27. The second-order valence-electron chi connectivity index (χ2n) is 3.04. The predicted octanol–water partition coefficient (Wildman–Crippen LogP) is 3.53. The minimum Gasteiger partial charge on any atom is -0.465 e. The van der Waals surface area contributed by atoms with Gasteiger partial charge in [-0.3, -0.25) is 0 Å². The predicted molar refractivity (Wildman–Crippen MR) is 60.4 cm³/mol. The monoisotopic (exact) mass is 308 g/mol. The summed E-state index contributed by atoms with van der Waals surface area (Å²) in [5, 5.41) is 0. The second kappa shape index (κ2) is 5.35. The van der Waals surface area contributed by atoms with Gasteiger partial charge in [-0.05, 0) is 21.5 Å². The van der Waals surface area contributed by atoms with Crippen molar-refractivity contribution in [2.24, 2.45) is 0 Å². The van der Waals surface area contributed by atoms with Crippen LogP contribution in [0.1, 0.15) is 5.56 Å². The molecule has 0 aliphatic heterocycles.